The Labute approximate surface area is 324 Å². The van der Waals surface area contributed by atoms with E-state index in [0.29, 0.717) is 22.5 Å². The third-order valence-electron chi connectivity index (χ3n) is 10.1. The number of phenolic OH excluding ortho intramolecular Hbond substituents is 2. The number of benzene rings is 6. The lowest BCUT2D eigenvalue weighted by Crippen LogP contribution is -2.25. The van der Waals surface area contributed by atoms with Crippen LogP contribution >= 0.6 is 0 Å². The molecule has 2 heterocycles. The number of carbonyl (C=O) groups excluding carboxylic acids is 2. The minimum atomic E-state index is -0.260. The van der Waals surface area contributed by atoms with Gasteiger partial charge in [0.05, 0.1) is 36.8 Å². The summed E-state index contributed by atoms with van der Waals surface area (Å²) in [5.41, 5.74) is 8.34. The molecule has 10 nitrogen and oxygen atoms in total. The van der Waals surface area contributed by atoms with Gasteiger partial charge in [0.25, 0.3) is 11.8 Å². The van der Waals surface area contributed by atoms with Crippen molar-refractivity contribution in [2.75, 3.05) is 38.1 Å². The van der Waals surface area contributed by atoms with Crippen LogP contribution in [-0.2, 0) is 9.59 Å². The van der Waals surface area contributed by atoms with Crippen LogP contribution in [-0.4, -0.2) is 60.1 Å². The predicted octanol–water partition coefficient (Wildman–Crippen LogP) is 9.12. The van der Waals surface area contributed by atoms with E-state index in [-0.39, 0.29) is 23.3 Å². The molecule has 278 valence electrons. The summed E-state index contributed by atoms with van der Waals surface area (Å²) >= 11 is 0. The Kier molecular flexibility index (Phi) is 9.15. The van der Waals surface area contributed by atoms with Crippen molar-refractivity contribution in [2.24, 2.45) is 0 Å². The number of anilines is 6. The van der Waals surface area contributed by atoms with Gasteiger partial charge in [-0.15, -0.1) is 0 Å². The summed E-state index contributed by atoms with van der Waals surface area (Å²) in [5, 5.41) is 20.0. The molecule has 0 radical (unpaired) electrons. The third kappa shape index (κ3) is 6.22. The van der Waals surface area contributed by atoms with E-state index in [9.17, 15) is 19.8 Å². The Morgan fingerprint density at radius 3 is 0.929 bits per heavy atom. The highest BCUT2D eigenvalue weighted by atomic mass is 16.5. The first kappa shape index (κ1) is 35.6. The fourth-order valence-corrected chi connectivity index (χ4v) is 7.30. The number of carbonyl (C=O) groups is 2. The normalized spacial score (nSPS) is 13.7. The Hall–Kier alpha value is -7.46. The van der Waals surface area contributed by atoms with Gasteiger partial charge in [0.2, 0.25) is 0 Å². The second kappa shape index (κ2) is 14.4. The molecule has 0 unspecified atom stereocenters. The number of methoxy groups -OCH3 is 2. The van der Waals surface area contributed by atoms with Crippen LogP contribution in [0.3, 0.4) is 0 Å². The van der Waals surface area contributed by atoms with Gasteiger partial charge in [-0.25, -0.2) is 0 Å². The highest BCUT2D eigenvalue weighted by Crippen LogP contribution is 2.47. The fraction of sp³-hybridized carbons (Fsp3) is 0.0870. The average Bonchev–Trinajstić information content (AvgIpc) is 3.64. The summed E-state index contributed by atoms with van der Waals surface area (Å²) in [7, 11) is 6.64. The average molecular weight is 743 g/mol. The smallest absolute Gasteiger partial charge is 0.261 e. The number of aromatic hydroxyl groups is 2. The molecule has 8 rings (SSSR count). The van der Waals surface area contributed by atoms with Gasteiger partial charge in [0.1, 0.15) is 23.0 Å². The van der Waals surface area contributed by atoms with E-state index in [1.54, 1.807) is 62.4 Å². The summed E-state index contributed by atoms with van der Waals surface area (Å²) in [5.74, 6) is 1.26. The molecule has 2 amide bonds. The largest absolute Gasteiger partial charge is 0.508 e. The van der Waals surface area contributed by atoms with Crippen LogP contribution in [0.1, 0.15) is 11.1 Å². The molecule has 10 heteroatoms. The highest BCUT2D eigenvalue weighted by molar-refractivity contribution is 6.30. The summed E-state index contributed by atoms with van der Waals surface area (Å²) < 4.78 is 10.8. The molecule has 0 saturated heterocycles. The van der Waals surface area contributed by atoms with Gasteiger partial charge in [-0.1, -0.05) is 24.3 Å². The minimum Gasteiger partial charge on any atom is -0.508 e. The maximum atomic E-state index is 14.1. The first-order valence-electron chi connectivity index (χ1n) is 17.9. The van der Waals surface area contributed by atoms with Crippen LogP contribution in [0.2, 0.25) is 0 Å². The molecule has 56 heavy (non-hydrogen) atoms. The first-order valence-corrected chi connectivity index (χ1v) is 17.9. The van der Waals surface area contributed by atoms with E-state index in [4.69, 9.17) is 9.47 Å². The monoisotopic (exact) mass is 742 g/mol. The zero-order valence-corrected chi connectivity index (χ0v) is 31.2. The van der Waals surface area contributed by atoms with E-state index < -0.39 is 0 Å². The highest BCUT2D eigenvalue weighted by Gasteiger charge is 2.46. The van der Waals surface area contributed by atoms with Crippen LogP contribution < -0.4 is 19.3 Å². The number of nitrogens with zero attached hydrogens (tertiary/aromatic N) is 4. The van der Waals surface area contributed by atoms with E-state index in [1.807, 2.05) is 131 Å². The maximum Gasteiger partial charge on any atom is 0.261 e. The zero-order valence-electron chi connectivity index (χ0n) is 31.2. The number of likely N-dealkylation sites (N-methyl/N-ethyl adjacent to an activating group) is 2. The second-order valence-corrected chi connectivity index (χ2v) is 13.4. The van der Waals surface area contributed by atoms with Gasteiger partial charge in [-0.2, -0.15) is 0 Å². The van der Waals surface area contributed by atoms with Gasteiger partial charge in [0, 0.05) is 48.2 Å². The van der Waals surface area contributed by atoms with Crippen LogP contribution in [0.15, 0.2) is 157 Å². The number of hydrogen-bond acceptors (Lipinski definition) is 8. The van der Waals surface area contributed by atoms with Crippen molar-refractivity contribution < 1.29 is 29.3 Å². The molecule has 0 fully saturated rings. The van der Waals surface area contributed by atoms with E-state index >= 15 is 0 Å². The van der Waals surface area contributed by atoms with Crippen molar-refractivity contribution in [3.8, 4) is 23.0 Å². The van der Waals surface area contributed by atoms with Crippen LogP contribution in [0, 0.1) is 0 Å². The van der Waals surface area contributed by atoms with Crippen molar-refractivity contribution in [1.82, 2.24) is 9.80 Å². The Morgan fingerprint density at radius 1 is 0.411 bits per heavy atom. The van der Waals surface area contributed by atoms with Gasteiger partial charge in [-0.05, 0) is 132 Å². The van der Waals surface area contributed by atoms with Gasteiger partial charge < -0.3 is 39.3 Å². The summed E-state index contributed by atoms with van der Waals surface area (Å²) in [6, 6.07) is 44.7. The number of hydrogen-bond donors (Lipinski definition) is 2. The minimum absolute atomic E-state index is 0.163. The molecule has 2 N–H and O–H groups in total. The molecule has 6 aromatic rings. The molecule has 0 bridgehead atoms. The number of fused-ring (bicyclic) bond motifs is 1. The topological polar surface area (TPSA) is 106 Å². The van der Waals surface area contributed by atoms with Crippen molar-refractivity contribution in [3.05, 3.63) is 168 Å². The molecule has 0 atom stereocenters. The number of phenols is 2. The molecule has 6 aromatic carbocycles. The molecular formula is C46H38N4O6. The SMILES string of the molecule is COc1ccc(N(c2ccc(O)cc2)c2ccc(C3=C4C(=O)N(C)C(c5ccc(N(c6ccc(O)cc6)c6ccc(OC)cc6)cc5)=C4C(=O)N3C)cc2)cc1. The van der Waals surface area contributed by atoms with Crippen molar-refractivity contribution in [1.29, 1.82) is 0 Å². The quantitative estimate of drug-likeness (QED) is 0.143. The van der Waals surface area contributed by atoms with E-state index in [0.717, 1.165) is 56.8 Å². The number of ether oxygens (including phenoxy) is 2. The van der Waals surface area contributed by atoms with Gasteiger partial charge in [-0.3, -0.25) is 9.59 Å². The second-order valence-electron chi connectivity index (χ2n) is 13.4. The molecule has 0 aliphatic carbocycles. The number of rotatable bonds is 10. The lowest BCUT2D eigenvalue weighted by molar-refractivity contribution is -0.123. The Bertz CT molecular complexity index is 2320. The molecule has 0 saturated carbocycles. The van der Waals surface area contributed by atoms with Gasteiger partial charge >= 0.3 is 0 Å². The van der Waals surface area contributed by atoms with E-state index in [1.165, 1.54) is 0 Å². The predicted molar refractivity (Wildman–Crippen MR) is 218 cm³/mol. The summed E-state index contributed by atoms with van der Waals surface area (Å²) in [6.45, 7) is 0. The van der Waals surface area contributed by atoms with Crippen molar-refractivity contribution >= 4 is 57.3 Å². The lowest BCUT2D eigenvalue weighted by atomic mass is 10.0. The fourth-order valence-electron chi connectivity index (χ4n) is 7.30. The molecule has 0 aromatic heterocycles. The molecule has 2 aliphatic heterocycles. The van der Waals surface area contributed by atoms with Crippen LogP contribution in [0.5, 0.6) is 23.0 Å². The standard InChI is InChI=1S/C46H38N4O6/c1-47-43(29-5-9-31(10-6-29)49(33-13-21-37(51)22-14-33)35-17-25-39(55-3)26-18-35)41-42(45(47)53)44(48(2)46(41)54)30-7-11-32(12-8-30)50(34-15-23-38(52)24-16-34)36-19-27-40(56-4)28-20-36/h5-28,51-52H,1-4H3. The summed E-state index contributed by atoms with van der Waals surface area (Å²) in [6.07, 6.45) is 0. The molecular weight excluding hydrogens is 705 g/mol. The Balaban J connectivity index is 1.16. The molecule has 2 aliphatic rings. The van der Waals surface area contributed by atoms with Crippen molar-refractivity contribution in [2.45, 2.75) is 0 Å². The lowest BCUT2D eigenvalue weighted by Gasteiger charge is -2.26. The molecule has 0 spiro atoms. The maximum absolute atomic E-state index is 14.1. The number of amides is 2. The van der Waals surface area contributed by atoms with E-state index in [2.05, 4.69) is 0 Å². The van der Waals surface area contributed by atoms with Crippen LogP contribution in [0.4, 0.5) is 34.1 Å². The van der Waals surface area contributed by atoms with Crippen LogP contribution in [0.25, 0.3) is 11.4 Å². The summed E-state index contributed by atoms with van der Waals surface area (Å²) in [4.78, 5) is 35.3. The van der Waals surface area contributed by atoms with Crippen molar-refractivity contribution in [3.63, 3.8) is 0 Å². The third-order valence-corrected chi connectivity index (χ3v) is 10.1. The first-order chi connectivity index (χ1) is 27.2. The zero-order chi connectivity index (χ0) is 39.1. The van der Waals surface area contributed by atoms with Gasteiger partial charge in [0.15, 0.2) is 0 Å². The Morgan fingerprint density at radius 2 is 0.661 bits per heavy atom.